The van der Waals surface area contributed by atoms with Crippen LogP contribution in [0, 0.1) is 0 Å². The smallest absolute Gasteiger partial charge is 0.248 e. The standard InChI is InChI=1S/C17H19N3O/c18-17(21)14-5-1-3-12(9-14)10-19-11-15-6-2-4-13-7-8-20-16(13)15/h1-6,9,19-20H,7-8,10-11H2,(H2,18,21). The molecule has 1 aliphatic heterocycles. The lowest BCUT2D eigenvalue weighted by Gasteiger charge is -2.10. The summed E-state index contributed by atoms with van der Waals surface area (Å²) < 4.78 is 0. The van der Waals surface area contributed by atoms with Gasteiger partial charge in [0.15, 0.2) is 0 Å². The number of hydrogen-bond acceptors (Lipinski definition) is 3. The van der Waals surface area contributed by atoms with E-state index in [2.05, 4.69) is 28.8 Å². The molecule has 21 heavy (non-hydrogen) atoms. The summed E-state index contributed by atoms with van der Waals surface area (Å²) in [5.74, 6) is -0.387. The fourth-order valence-electron chi connectivity index (χ4n) is 2.73. The van der Waals surface area contributed by atoms with Crippen molar-refractivity contribution in [1.82, 2.24) is 5.32 Å². The van der Waals surface area contributed by atoms with Crippen molar-refractivity contribution in [2.24, 2.45) is 5.73 Å². The van der Waals surface area contributed by atoms with Crippen molar-refractivity contribution < 1.29 is 4.79 Å². The molecule has 1 aliphatic rings. The summed E-state index contributed by atoms with van der Waals surface area (Å²) in [4.78, 5) is 11.2. The van der Waals surface area contributed by atoms with E-state index >= 15 is 0 Å². The van der Waals surface area contributed by atoms with E-state index in [1.165, 1.54) is 16.8 Å². The van der Waals surface area contributed by atoms with E-state index in [-0.39, 0.29) is 5.91 Å². The second kappa shape index (κ2) is 5.97. The van der Waals surface area contributed by atoms with Crippen LogP contribution in [-0.4, -0.2) is 12.5 Å². The Bertz CT molecular complexity index is 667. The maximum atomic E-state index is 11.2. The van der Waals surface area contributed by atoms with Crippen molar-refractivity contribution in [3.05, 3.63) is 64.7 Å². The van der Waals surface area contributed by atoms with E-state index < -0.39 is 0 Å². The first-order chi connectivity index (χ1) is 10.2. The normalized spacial score (nSPS) is 12.8. The van der Waals surface area contributed by atoms with Gasteiger partial charge in [0.25, 0.3) is 0 Å². The van der Waals surface area contributed by atoms with Crippen molar-refractivity contribution >= 4 is 11.6 Å². The molecule has 0 aromatic heterocycles. The van der Waals surface area contributed by atoms with Gasteiger partial charge in [-0.05, 0) is 35.2 Å². The fourth-order valence-corrected chi connectivity index (χ4v) is 2.73. The van der Waals surface area contributed by atoms with Crippen LogP contribution in [0.1, 0.15) is 27.0 Å². The number of amides is 1. The molecule has 1 amide bonds. The quantitative estimate of drug-likeness (QED) is 0.785. The molecule has 4 N–H and O–H groups in total. The van der Waals surface area contributed by atoms with Crippen molar-refractivity contribution in [3.8, 4) is 0 Å². The zero-order valence-electron chi connectivity index (χ0n) is 11.9. The van der Waals surface area contributed by atoms with E-state index in [1.54, 1.807) is 6.07 Å². The summed E-state index contributed by atoms with van der Waals surface area (Å²) >= 11 is 0. The molecule has 4 nitrogen and oxygen atoms in total. The SMILES string of the molecule is NC(=O)c1cccc(CNCc2cccc3c2NCC3)c1. The molecule has 0 aliphatic carbocycles. The Kier molecular flexibility index (Phi) is 3.88. The summed E-state index contributed by atoms with van der Waals surface area (Å²) in [6.07, 6.45) is 1.10. The number of carbonyl (C=O) groups excluding carboxylic acids is 1. The number of carbonyl (C=O) groups is 1. The molecule has 0 bridgehead atoms. The van der Waals surface area contributed by atoms with Gasteiger partial charge in [0.05, 0.1) is 0 Å². The number of fused-ring (bicyclic) bond motifs is 1. The molecule has 1 heterocycles. The molecule has 0 fully saturated rings. The molecule has 0 saturated carbocycles. The maximum absolute atomic E-state index is 11.2. The largest absolute Gasteiger partial charge is 0.384 e. The van der Waals surface area contributed by atoms with Gasteiger partial charge >= 0.3 is 0 Å². The van der Waals surface area contributed by atoms with Gasteiger partial charge < -0.3 is 16.4 Å². The number of primary amides is 1. The molecular formula is C17H19N3O. The van der Waals surface area contributed by atoms with Gasteiger partial charge in [0.1, 0.15) is 0 Å². The van der Waals surface area contributed by atoms with Gasteiger partial charge in [-0.1, -0.05) is 30.3 Å². The number of anilines is 1. The Morgan fingerprint density at radius 3 is 2.90 bits per heavy atom. The Balaban J connectivity index is 1.63. The molecule has 108 valence electrons. The molecule has 2 aromatic rings. The molecule has 0 atom stereocenters. The second-order valence-corrected chi connectivity index (χ2v) is 5.30. The summed E-state index contributed by atoms with van der Waals surface area (Å²) in [6, 6.07) is 13.9. The van der Waals surface area contributed by atoms with Crippen LogP contribution in [0.15, 0.2) is 42.5 Å². The van der Waals surface area contributed by atoms with Crippen LogP contribution in [0.3, 0.4) is 0 Å². The molecule has 4 heteroatoms. The minimum atomic E-state index is -0.387. The molecule has 3 rings (SSSR count). The molecule has 0 radical (unpaired) electrons. The van der Waals surface area contributed by atoms with Crippen LogP contribution >= 0.6 is 0 Å². The lowest BCUT2D eigenvalue weighted by atomic mass is 10.1. The van der Waals surface area contributed by atoms with E-state index in [4.69, 9.17) is 5.73 Å². The highest BCUT2D eigenvalue weighted by molar-refractivity contribution is 5.92. The third-order valence-corrected chi connectivity index (χ3v) is 3.79. The second-order valence-electron chi connectivity index (χ2n) is 5.30. The van der Waals surface area contributed by atoms with Crippen LogP contribution in [0.4, 0.5) is 5.69 Å². The highest BCUT2D eigenvalue weighted by Crippen LogP contribution is 2.26. The van der Waals surface area contributed by atoms with Crippen LogP contribution in [0.25, 0.3) is 0 Å². The van der Waals surface area contributed by atoms with Gasteiger partial charge in [-0.15, -0.1) is 0 Å². The topological polar surface area (TPSA) is 67.2 Å². The summed E-state index contributed by atoms with van der Waals surface area (Å²) in [5, 5.41) is 6.86. The van der Waals surface area contributed by atoms with E-state index in [0.717, 1.165) is 25.1 Å². The zero-order chi connectivity index (χ0) is 14.7. The first-order valence-corrected chi connectivity index (χ1v) is 7.18. The Labute approximate surface area is 124 Å². The Morgan fingerprint density at radius 1 is 1.19 bits per heavy atom. The third-order valence-electron chi connectivity index (χ3n) is 3.79. The summed E-state index contributed by atoms with van der Waals surface area (Å²) in [5.41, 5.74) is 10.9. The van der Waals surface area contributed by atoms with Crippen molar-refractivity contribution in [3.63, 3.8) is 0 Å². The highest BCUT2D eigenvalue weighted by atomic mass is 16.1. The molecular weight excluding hydrogens is 262 g/mol. The van der Waals surface area contributed by atoms with Crippen LogP contribution in [-0.2, 0) is 19.5 Å². The number of nitrogens with two attached hydrogens (primary N) is 1. The van der Waals surface area contributed by atoms with Crippen LogP contribution in [0.2, 0.25) is 0 Å². The number of hydrogen-bond donors (Lipinski definition) is 3. The average Bonchev–Trinajstić information content (AvgIpc) is 2.97. The van der Waals surface area contributed by atoms with Crippen molar-refractivity contribution in [2.75, 3.05) is 11.9 Å². The van der Waals surface area contributed by atoms with Crippen molar-refractivity contribution in [1.29, 1.82) is 0 Å². The van der Waals surface area contributed by atoms with Crippen LogP contribution < -0.4 is 16.4 Å². The number of para-hydroxylation sites is 1. The van der Waals surface area contributed by atoms with Gasteiger partial charge in [0, 0.05) is 30.9 Å². The fraction of sp³-hybridized carbons (Fsp3) is 0.235. The lowest BCUT2D eigenvalue weighted by molar-refractivity contribution is 0.1000. The summed E-state index contributed by atoms with van der Waals surface area (Å²) in [6.45, 7) is 2.54. The summed E-state index contributed by atoms with van der Waals surface area (Å²) in [7, 11) is 0. The van der Waals surface area contributed by atoms with E-state index in [1.807, 2.05) is 18.2 Å². The first kappa shape index (κ1) is 13.6. The average molecular weight is 281 g/mol. The number of benzene rings is 2. The lowest BCUT2D eigenvalue weighted by Crippen LogP contribution is -2.15. The maximum Gasteiger partial charge on any atom is 0.248 e. The number of rotatable bonds is 5. The van der Waals surface area contributed by atoms with E-state index in [9.17, 15) is 4.79 Å². The molecule has 2 aromatic carbocycles. The van der Waals surface area contributed by atoms with E-state index in [0.29, 0.717) is 12.1 Å². The van der Waals surface area contributed by atoms with Gasteiger partial charge in [-0.3, -0.25) is 4.79 Å². The third kappa shape index (κ3) is 3.06. The Morgan fingerprint density at radius 2 is 2.05 bits per heavy atom. The predicted octanol–water partition coefficient (Wildman–Crippen LogP) is 2.04. The molecule has 0 unspecified atom stereocenters. The van der Waals surface area contributed by atoms with Gasteiger partial charge in [0.2, 0.25) is 5.91 Å². The molecule has 0 saturated heterocycles. The van der Waals surface area contributed by atoms with Crippen LogP contribution in [0.5, 0.6) is 0 Å². The highest BCUT2D eigenvalue weighted by Gasteiger charge is 2.12. The Hall–Kier alpha value is -2.33. The first-order valence-electron chi connectivity index (χ1n) is 7.18. The predicted molar refractivity (Wildman–Crippen MR) is 84.1 cm³/mol. The number of nitrogens with one attached hydrogen (secondary N) is 2. The minimum Gasteiger partial charge on any atom is -0.384 e. The van der Waals surface area contributed by atoms with Gasteiger partial charge in [-0.25, -0.2) is 0 Å². The monoisotopic (exact) mass is 281 g/mol. The van der Waals surface area contributed by atoms with Gasteiger partial charge in [-0.2, -0.15) is 0 Å². The molecule has 0 spiro atoms. The minimum absolute atomic E-state index is 0.387. The van der Waals surface area contributed by atoms with Crippen molar-refractivity contribution in [2.45, 2.75) is 19.5 Å². The zero-order valence-corrected chi connectivity index (χ0v) is 11.9.